The molecule has 1 amide bonds. The molecular formula is C26H33N3O2. The normalized spacial score (nSPS) is 29.3. The van der Waals surface area contributed by atoms with Crippen LogP contribution in [0.2, 0.25) is 0 Å². The van der Waals surface area contributed by atoms with Gasteiger partial charge in [-0.25, -0.2) is 0 Å². The van der Waals surface area contributed by atoms with Crippen LogP contribution in [0, 0.1) is 5.92 Å². The van der Waals surface area contributed by atoms with Crippen molar-refractivity contribution in [3.8, 4) is 5.75 Å². The molecule has 0 aromatic heterocycles. The van der Waals surface area contributed by atoms with E-state index in [9.17, 15) is 4.79 Å². The summed E-state index contributed by atoms with van der Waals surface area (Å²) in [6.45, 7) is 2.98. The summed E-state index contributed by atoms with van der Waals surface area (Å²) in [6.07, 6.45) is 4.44. The lowest BCUT2D eigenvalue weighted by molar-refractivity contribution is -0.119. The number of carbonyl (C=O) groups excluding carboxylic acids is 1. The molecule has 5 rings (SSSR count). The summed E-state index contributed by atoms with van der Waals surface area (Å²) in [5.74, 6) is 1.74. The number of rotatable bonds is 6. The molecule has 5 heteroatoms. The van der Waals surface area contributed by atoms with Gasteiger partial charge in [-0.15, -0.1) is 0 Å². The summed E-state index contributed by atoms with van der Waals surface area (Å²) in [5.41, 5.74) is 4.76. The van der Waals surface area contributed by atoms with E-state index in [0.717, 1.165) is 42.8 Å². The highest BCUT2D eigenvalue weighted by molar-refractivity contribution is 6.01. The number of anilines is 1. The maximum atomic E-state index is 12.5. The van der Waals surface area contributed by atoms with E-state index in [1.54, 1.807) is 7.11 Å². The molecule has 1 saturated heterocycles. The zero-order chi connectivity index (χ0) is 21.5. The molecule has 2 N–H and O–H groups in total. The molecule has 164 valence electrons. The van der Waals surface area contributed by atoms with E-state index in [1.165, 1.54) is 17.5 Å². The minimum atomic E-state index is 0.178. The summed E-state index contributed by atoms with van der Waals surface area (Å²) in [5, 5.41) is 7.68. The van der Waals surface area contributed by atoms with Gasteiger partial charge in [0.25, 0.3) is 0 Å². The van der Waals surface area contributed by atoms with Gasteiger partial charge in [0.05, 0.1) is 7.11 Å². The monoisotopic (exact) mass is 419 g/mol. The standard InChI is InChI=1S/C26H33N3O2/c1-4-18-10-11-22(25(28-18)16-8-6-5-7-9-16)27-15-17-12-23-20(14-24(17)31-3)19-13-21(19)26(30)29(23)2/h5-9,12,14,18-19,21-22,25,27-28H,4,10-11,13,15H2,1-3H3/t18?,19?,21-,22?,25?/m0/s1. The van der Waals surface area contributed by atoms with Gasteiger partial charge in [0, 0.05) is 48.9 Å². The number of piperidine rings is 1. The predicted molar refractivity (Wildman–Crippen MR) is 124 cm³/mol. The van der Waals surface area contributed by atoms with Crippen LogP contribution in [0.25, 0.3) is 0 Å². The lowest BCUT2D eigenvalue weighted by atomic mass is 9.88. The van der Waals surface area contributed by atoms with Crippen LogP contribution in [0.15, 0.2) is 42.5 Å². The fourth-order valence-electron chi connectivity index (χ4n) is 5.49. The number of fused-ring (bicyclic) bond motifs is 3. The van der Waals surface area contributed by atoms with Crippen LogP contribution in [-0.2, 0) is 11.3 Å². The number of nitrogens with zero attached hydrogens (tertiary/aromatic N) is 1. The van der Waals surface area contributed by atoms with Gasteiger partial charge in [-0.2, -0.15) is 0 Å². The zero-order valence-electron chi connectivity index (χ0n) is 18.7. The van der Waals surface area contributed by atoms with E-state index in [1.807, 2.05) is 11.9 Å². The van der Waals surface area contributed by atoms with Crippen molar-refractivity contribution in [2.75, 3.05) is 19.1 Å². The molecule has 0 bridgehead atoms. The van der Waals surface area contributed by atoms with Crippen LogP contribution in [0.3, 0.4) is 0 Å². The Kier molecular flexibility index (Phi) is 5.49. The first-order valence-electron chi connectivity index (χ1n) is 11.6. The summed E-state index contributed by atoms with van der Waals surface area (Å²) >= 11 is 0. The minimum absolute atomic E-state index is 0.178. The number of amides is 1. The molecule has 0 spiro atoms. The Balaban J connectivity index is 1.38. The lowest BCUT2D eigenvalue weighted by Gasteiger charge is -2.38. The number of methoxy groups -OCH3 is 1. The number of ether oxygens (including phenoxy) is 1. The molecule has 2 aromatic rings. The molecule has 2 aliphatic heterocycles. The highest BCUT2D eigenvalue weighted by Gasteiger charge is 2.50. The van der Waals surface area contributed by atoms with Gasteiger partial charge in [0.1, 0.15) is 5.75 Å². The Labute approximate surface area is 185 Å². The third-order valence-electron chi connectivity index (χ3n) is 7.48. The van der Waals surface area contributed by atoms with Crippen molar-refractivity contribution in [1.29, 1.82) is 0 Å². The average molecular weight is 420 g/mol. The van der Waals surface area contributed by atoms with Gasteiger partial charge in [0.2, 0.25) is 5.91 Å². The van der Waals surface area contributed by atoms with Gasteiger partial charge in [-0.3, -0.25) is 4.79 Å². The Morgan fingerprint density at radius 3 is 2.71 bits per heavy atom. The molecule has 1 saturated carbocycles. The number of nitrogens with one attached hydrogen (secondary N) is 2. The highest BCUT2D eigenvalue weighted by Crippen LogP contribution is 2.56. The predicted octanol–water partition coefficient (Wildman–Crippen LogP) is 4.14. The van der Waals surface area contributed by atoms with Crippen LogP contribution in [-0.4, -0.2) is 32.1 Å². The summed E-state index contributed by atoms with van der Waals surface area (Å²) in [4.78, 5) is 14.4. The maximum absolute atomic E-state index is 12.5. The summed E-state index contributed by atoms with van der Waals surface area (Å²) in [6, 6.07) is 16.3. The van der Waals surface area contributed by atoms with Crippen molar-refractivity contribution < 1.29 is 9.53 Å². The first-order chi connectivity index (χ1) is 15.1. The Morgan fingerprint density at radius 1 is 1.16 bits per heavy atom. The largest absolute Gasteiger partial charge is 0.496 e. The Hall–Kier alpha value is -2.37. The summed E-state index contributed by atoms with van der Waals surface area (Å²) < 4.78 is 5.77. The molecule has 0 radical (unpaired) electrons. The molecule has 4 unspecified atom stereocenters. The van der Waals surface area contributed by atoms with E-state index in [0.29, 0.717) is 24.0 Å². The van der Waals surface area contributed by atoms with Gasteiger partial charge < -0.3 is 20.3 Å². The molecule has 2 heterocycles. The SMILES string of the molecule is CCC1CCC(NCc2cc3c(cc2OC)C2C[C@@H]2C(=O)N3C)C(c2ccccc2)N1. The van der Waals surface area contributed by atoms with Crippen LogP contribution in [0.1, 0.15) is 61.3 Å². The van der Waals surface area contributed by atoms with Crippen molar-refractivity contribution in [2.45, 2.75) is 63.2 Å². The van der Waals surface area contributed by atoms with E-state index in [-0.39, 0.29) is 11.8 Å². The molecule has 5 atom stereocenters. The summed E-state index contributed by atoms with van der Waals surface area (Å²) in [7, 11) is 3.65. The minimum Gasteiger partial charge on any atom is -0.496 e. The van der Waals surface area contributed by atoms with E-state index in [2.05, 4.69) is 60.0 Å². The van der Waals surface area contributed by atoms with Crippen molar-refractivity contribution in [3.63, 3.8) is 0 Å². The van der Waals surface area contributed by atoms with Crippen LogP contribution < -0.4 is 20.3 Å². The van der Waals surface area contributed by atoms with E-state index in [4.69, 9.17) is 4.74 Å². The first kappa shape index (κ1) is 20.5. The average Bonchev–Trinajstić information content (AvgIpc) is 3.62. The Morgan fingerprint density at radius 2 is 1.97 bits per heavy atom. The fourth-order valence-corrected chi connectivity index (χ4v) is 5.49. The first-order valence-corrected chi connectivity index (χ1v) is 11.6. The lowest BCUT2D eigenvalue weighted by Crippen LogP contribution is -2.49. The third kappa shape index (κ3) is 3.74. The van der Waals surface area contributed by atoms with E-state index >= 15 is 0 Å². The zero-order valence-corrected chi connectivity index (χ0v) is 18.7. The fraction of sp³-hybridized carbons (Fsp3) is 0.500. The second kappa shape index (κ2) is 8.29. The highest BCUT2D eigenvalue weighted by atomic mass is 16.5. The van der Waals surface area contributed by atoms with E-state index < -0.39 is 0 Å². The molecule has 1 aliphatic carbocycles. The quantitative estimate of drug-likeness (QED) is 0.739. The maximum Gasteiger partial charge on any atom is 0.230 e. The molecule has 2 aromatic carbocycles. The van der Waals surface area contributed by atoms with Crippen molar-refractivity contribution in [3.05, 3.63) is 59.2 Å². The molecule has 2 fully saturated rings. The van der Waals surface area contributed by atoms with Gasteiger partial charge in [-0.1, -0.05) is 37.3 Å². The number of carbonyl (C=O) groups is 1. The van der Waals surface area contributed by atoms with Crippen LogP contribution >= 0.6 is 0 Å². The smallest absolute Gasteiger partial charge is 0.230 e. The number of hydrogen-bond acceptors (Lipinski definition) is 4. The Bertz CT molecular complexity index is 961. The second-order valence-electron chi connectivity index (χ2n) is 9.29. The topological polar surface area (TPSA) is 53.6 Å². The van der Waals surface area contributed by atoms with Crippen LogP contribution in [0.5, 0.6) is 5.75 Å². The van der Waals surface area contributed by atoms with Crippen molar-refractivity contribution >= 4 is 11.6 Å². The van der Waals surface area contributed by atoms with Crippen molar-refractivity contribution in [1.82, 2.24) is 10.6 Å². The van der Waals surface area contributed by atoms with Gasteiger partial charge >= 0.3 is 0 Å². The van der Waals surface area contributed by atoms with Crippen LogP contribution in [0.4, 0.5) is 5.69 Å². The molecule has 3 aliphatic rings. The second-order valence-corrected chi connectivity index (χ2v) is 9.29. The molecule has 5 nitrogen and oxygen atoms in total. The van der Waals surface area contributed by atoms with Crippen molar-refractivity contribution in [2.24, 2.45) is 5.92 Å². The third-order valence-corrected chi connectivity index (χ3v) is 7.48. The molecular weight excluding hydrogens is 386 g/mol. The van der Waals surface area contributed by atoms with Gasteiger partial charge in [-0.05, 0) is 54.9 Å². The number of benzene rings is 2. The number of hydrogen-bond donors (Lipinski definition) is 2. The molecule has 31 heavy (non-hydrogen) atoms. The van der Waals surface area contributed by atoms with Gasteiger partial charge in [0.15, 0.2) is 0 Å².